The van der Waals surface area contributed by atoms with E-state index in [1.807, 2.05) is 13.8 Å². The quantitative estimate of drug-likeness (QED) is 0.679. The van der Waals surface area contributed by atoms with Gasteiger partial charge in [0.25, 0.3) is 0 Å². The van der Waals surface area contributed by atoms with Crippen molar-refractivity contribution < 1.29 is 14.3 Å². The minimum atomic E-state index is -0.622. The third-order valence-corrected chi connectivity index (χ3v) is 3.13. The van der Waals surface area contributed by atoms with Gasteiger partial charge in [0.2, 0.25) is 0 Å². The Kier molecular flexibility index (Phi) is 6.60. The third kappa shape index (κ3) is 4.55. The zero-order chi connectivity index (χ0) is 13.4. The van der Waals surface area contributed by atoms with E-state index in [4.69, 9.17) is 9.47 Å². The van der Waals surface area contributed by atoms with Crippen LogP contribution in [0.3, 0.4) is 0 Å². The number of esters is 1. The number of rotatable bonds is 7. The van der Waals surface area contributed by atoms with Crippen LogP contribution in [-0.4, -0.2) is 62.4 Å². The standard InChI is InChI=1S/C13H26N2O3/c1-4-6-14-13(3,12(16)18-5-2)11-15-7-9-17-10-8-15/h14H,4-11H2,1-3H3. The first kappa shape index (κ1) is 15.4. The molecule has 18 heavy (non-hydrogen) atoms. The van der Waals surface area contributed by atoms with Crippen LogP contribution in [0.5, 0.6) is 0 Å². The molecule has 1 aliphatic rings. The number of hydrogen-bond donors (Lipinski definition) is 1. The molecule has 0 bridgehead atoms. The highest BCUT2D eigenvalue weighted by molar-refractivity contribution is 5.80. The second-order valence-electron chi connectivity index (χ2n) is 4.87. The zero-order valence-corrected chi connectivity index (χ0v) is 11.8. The number of carbonyl (C=O) groups excluding carboxylic acids is 1. The Balaban J connectivity index is 2.59. The van der Waals surface area contributed by atoms with E-state index < -0.39 is 5.54 Å². The zero-order valence-electron chi connectivity index (χ0n) is 11.8. The van der Waals surface area contributed by atoms with Gasteiger partial charge in [0.05, 0.1) is 19.8 Å². The highest BCUT2D eigenvalue weighted by Gasteiger charge is 2.36. The van der Waals surface area contributed by atoms with E-state index in [-0.39, 0.29) is 5.97 Å². The molecule has 0 saturated carbocycles. The van der Waals surface area contributed by atoms with Crippen LogP contribution in [-0.2, 0) is 14.3 Å². The molecule has 5 nitrogen and oxygen atoms in total. The number of carbonyl (C=O) groups is 1. The van der Waals surface area contributed by atoms with Crippen molar-refractivity contribution >= 4 is 5.97 Å². The molecule has 0 aliphatic carbocycles. The van der Waals surface area contributed by atoms with Crippen molar-refractivity contribution in [3.8, 4) is 0 Å². The number of ether oxygens (including phenoxy) is 2. The van der Waals surface area contributed by atoms with Crippen LogP contribution in [0, 0.1) is 0 Å². The van der Waals surface area contributed by atoms with Gasteiger partial charge in [-0.1, -0.05) is 6.92 Å². The Morgan fingerprint density at radius 2 is 2.06 bits per heavy atom. The lowest BCUT2D eigenvalue weighted by molar-refractivity contribution is -0.151. The maximum absolute atomic E-state index is 12.1. The van der Waals surface area contributed by atoms with Gasteiger partial charge in [-0.25, -0.2) is 0 Å². The number of morpholine rings is 1. The molecule has 0 spiro atoms. The van der Waals surface area contributed by atoms with Gasteiger partial charge in [0.1, 0.15) is 5.54 Å². The van der Waals surface area contributed by atoms with Gasteiger partial charge in [-0.3, -0.25) is 9.69 Å². The van der Waals surface area contributed by atoms with E-state index in [0.29, 0.717) is 13.2 Å². The molecular formula is C13H26N2O3. The molecule has 1 aliphatic heterocycles. The molecule has 1 heterocycles. The van der Waals surface area contributed by atoms with Gasteiger partial charge >= 0.3 is 5.97 Å². The third-order valence-electron chi connectivity index (χ3n) is 3.13. The van der Waals surface area contributed by atoms with E-state index in [9.17, 15) is 4.79 Å². The van der Waals surface area contributed by atoms with Crippen molar-refractivity contribution in [3.63, 3.8) is 0 Å². The number of nitrogens with one attached hydrogen (secondary N) is 1. The van der Waals surface area contributed by atoms with Crippen LogP contribution in [0.1, 0.15) is 27.2 Å². The van der Waals surface area contributed by atoms with E-state index in [1.54, 1.807) is 0 Å². The maximum Gasteiger partial charge on any atom is 0.327 e. The SMILES string of the molecule is CCCNC(C)(CN1CCOCC1)C(=O)OCC. The van der Waals surface area contributed by atoms with E-state index in [1.165, 1.54) is 0 Å². The molecule has 1 saturated heterocycles. The van der Waals surface area contributed by atoms with E-state index in [0.717, 1.165) is 39.3 Å². The van der Waals surface area contributed by atoms with Gasteiger partial charge in [0.15, 0.2) is 0 Å². The van der Waals surface area contributed by atoms with Gasteiger partial charge in [-0.2, -0.15) is 0 Å². The molecule has 1 atom stereocenters. The molecule has 1 N–H and O–H groups in total. The summed E-state index contributed by atoms with van der Waals surface area (Å²) >= 11 is 0. The minimum Gasteiger partial charge on any atom is -0.465 e. The Morgan fingerprint density at radius 3 is 2.61 bits per heavy atom. The average Bonchev–Trinajstić information content (AvgIpc) is 2.38. The van der Waals surface area contributed by atoms with Crippen molar-refractivity contribution in [2.24, 2.45) is 0 Å². The van der Waals surface area contributed by atoms with Gasteiger partial charge in [-0.15, -0.1) is 0 Å². The lowest BCUT2D eigenvalue weighted by Gasteiger charge is -2.36. The first-order valence-electron chi connectivity index (χ1n) is 6.84. The van der Waals surface area contributed by atoms with Crippen molar-refractivity contribution in [2.45, 2.75) is 32.7 Å². The summed E-state index contributed by atoms with van der Waals surface area (Å²) in [6, 6.07) is 0. The second kappa shape index (κ2) is 7.71. The van der Waals surface area contributed by atoms with Crippen LogP contribution in [0.25, 0.3) is 0 Å². The normalized spacial score (nSPS) is 20.4. The molecule has 1 fully saturated rings. The van der Waals surface area contributed by atoms with Gasteiger partial charge in [0, 0.05) is 19.6 Å². The molecule has 1 unspecified atom stereocenters. The first-order chi connectivity index (χ1) is 8.62. The largest absolute Gasteiger partial charge is 0.465 e. The molecule has 0 aromatic heterocycles. The Bertz CT molecular complexity index is 255. The summed E-state index contributed by atoms with van der Waals surface area (Å²) in [6.07, 6.45) is 0.998. The van der Waals surface area contributed by atoms with E-state index in [2.05, 4.69) is 17.1 Å². The molecule has 5 heteroatoms. The molecule has 0 radical (unpaired) electrons. The lowest BCUT2D eigenvalue weighted by atomic mass is 10.0. The van der Waals surface area contributed by atoms with Crippen LogP contribution in [0.4, 0.5) is 0 Å². The molecule has 0 amide bonds. The fourth-order valence-electron chi connectivity index (χ4n) is 2.09. The maximum atomic E-state index is 12.1. The van der Waals surface area contributed by atoms with Crippen molar-refractivity contribution in [3.05, 3.63) is 0 Å². The first-order valence-corrected chi connectivity index (χ1v) is 6.84. The highest BCUT2D eigenvalue weighted by atomic mass is 16.5. The summed E-state index contributed by atoms with van der Waals surface area (Å²) in [5, 5.41) is 3.32. The smallest absolute Gasteiger partial charge is 0.327 e. The second-order valence-corrected chi connectivity index (χ2v) is 4.87. The highest BCUT2D eigenvalue weighted by Crippen LogP contribution is 2.11. The van der Waals surface area contributed by atoms with Crippen molar-refractivity contribution in [1.29, 1.82) is 0 Å². The summed E-state index contributed by atoms with van der Waals surface area (Å²) in [5.74, 6) is -0.162. The van der Waals surface area contributed by atoms with Gasteiger partial charge < -0.3 is 14.8 Å². The van der Waals surface area contributed by atoms with Gasteiger partial charge in [-0.05, 0) is 26.8 Å². The van der Waals surface area contributed by atoms with Crippen LogP contribution >= 0.6 is 0 Å². The van der Waals surface area contributed by atoms with Crippen molar-refractivity contribution in [1.82, 2.24) is 10.2 Å². The topological polar surface area (TPSA) is 50.8 Å². The monoisotopic (exact) mass is 258 g/mol. The summed E-state index contributed by atoms with van der Waals surface area (Å²) < 4.78 is 10.5. The van der Waals surface area contributed by atoms with Crippen LogP contribution in [0.2, 0.25) is 0 Å². The summed E-state index contributed by atoms with van der Waals surface area (Å²) in [6.45, 7) is 11.0. The fraction of sp³-hybridized carbons (Fsp3) is 0.923. The molecule has 0 aromatic carbocycles. The Hall–Kier alpha value is -0.650. The molecular weight excluding hydrogens is 232 g/mol. The number of hydrogen-bond acceptors (Lipinski definition) is 5. The predicted octanol–water partition coefficient (Wildman–Crippen LogP) is 0.640. The Labute approximate surface area is 110 Å². The Morgan fingerprint density at radius 1 is 1.39 bits per heavy atom. The van der Waals surface area contributed by atoms with Crippen LogP contribution < -0.4 is 5.32 Å². The fourth-order valence-corrected chi connectivity index (χ4v) is 2.09. The summed E-state index contributed by atoms with van der Waals surface area (Å²) in [5.41, 5.74) is -0.622. The minimum absolute atomic E-state index is 0.162. The molecule has 1 rings (SSSR count). The van der Waals surface area contributed by atoms with Crippen LogP contribution in [0.15, 0.2) is 0 Å². The lowest BCUT2D eigenvalue weighted by Crippen LogP contribution is -2.59. The van der Waals surface area contributed by atoms with E-state index >= 15 is 0 Å². The molecule has 0 aromatic rings. The van der Waals surface area contributed by atoms with Crippen molar-refractivity contribution in [2.75, 3.05) is 46.0 Å². The predicted molar refractivity (Wildman–Crippen MR) is 70.6 cm³/mol. The summed E-state index contributed by atoms with van der Waals surface area (Å²) in [4.78, 5) is 14.4. The number of nitrogens with zero attached hydrogens (tertiary/aromatic N) is 1. The molecule has 106 valence electrons. The summed E-state index contributed by atoms with van der Waals surface area (Å²) in [7, 11) is 0. The average molecular weight is 258 g/mol.